The summed E-state index contributed by atoms with van der Waals surface area (Å²) in [5, 5.41) is 17.6. The number of hydrogen-bond acceptors (Lipinski definition) is 5. The van der Waals surface area contributed by atoms with E-state index in [-0.39, 0.29) is 12.6 Å². The number of aromatic nitrogens is 1. The topological polar surface area (TPSA) is 74.2 Å². The Hall–Kier alpha value is -1.44. The Labute approximate surface area is 125 Å². The van der Waals surface area contributed by atoms with Crippen LogP contribution in [-0.2, 0) is 12.1 Å². The molecule has 0 radical (unpaired) electrons. The standard InChI is InChI=1S/C13H17N3O2S2/c1-9-10(20-8-16-9)6-14-12(17)15-7-13(2,18)11-4-3-5-19-11/h3-5,8,18H,6-7H2,1-2H3,(H2,14,15,17)/t13-/m0/s1. The molecule has 0 aliphatic carbocycles. The zero-order valence-corrected chi connectivity index (χ0v) is 13.0. The van der Waals surface area contributed by atoms with Crippen LogP contribution in [0.2, 0.25) is 0 Å². The molecule has 0 aliphatic rings. The number of aliphatic hydroxyl groups is 1. The molecule has 0 saturated carbocycles. The van der Waals surface area contributed by atoms with Gasteiger partial charge in [-0.3, -0.25) is 0 Å². The second kappa shape index (κ2) is 6.34. The van der Waals surface area contributed by atoms with Crippen LogP contribution in [-0.4, -0.2) is 22.7 Å². The number of hydrogen-bond donors (Lipinski definition) is 3. The molecule has 3 N–H and O–H groups in total. The average molecular weight is 311 g/mol. The van der Waals surface area contributed by atoms with Crippen LogP contribution in [0.25, 0.3) is 0 Å². The van der Waals surface area contributed by atoms with Gasteiger partial charge in [0.15, 0.2) is 0 Å². The van der Waals surface area contributed by atoms with Gasteiger partial charge in [0.05, 0.1) is 24.3 Å². The Balaban J connectivity index is 1.79. The molecule has 2 rings (SSSR count). The van der Waals surface area contributed by atoms with Crippen LogP contribution in [0.15, 0.2) is 23.0 Å². The Bertz CT molecular complexity index is 564. The van der Waals surface area contributed by atoms with Gasteiger partial charge < -0.3 is 15.7 Å². The molecule has 1 atom stereocenters. The van der Waals surface area contributed by atoms with Gasteiger partial charge in [-0.25, -0.2) is 9.78 Å². The van der Waals surface area contributed by atoms with E-state index >= 15 is 0 Å². The molecule has 2 amide bonds. The summed E-state index contributed by atoms with van der Waals surface area (Å²) in [5.41, 5.74) is 1.64. The van der Waals surface area contributed by atoms with E-state index in [4.69, 9.17) is 0 Å². The molecule has 2 heterocycles. The lowest BCUT2D eigenvalue weighted by Gasteiger charge is -2.22. The lowest BCUT2D eigenvalue weighted by Crippen LogP contribution is -2.42. The molecule has 7 heteroatoms. The van der Waals surface area contributed by atoms with Gasteiger partial charge in [0.2, 0.25) is 0 Å². The van der Waals surface area contributed by atoms with Crippen LogP contribution in [0.4, 0.5) is 4.79 Å². The van der Waals surface area contributed by atoms with Gasteiger partial charge in [-0.15, -0.1) is 22.7 Å². The molecular weight excluding hydrogens is 294 g/mol. The second-order valence-electron chi connectivity index (χ2n) is 4.65. The SMILES string of the molecule is Cc1ncsc1CNC(=O)NC[C@](C)(O)c1cccs1. The highest BCUT2D eigenvalue weighted by Crippen LogP contribution is 2.24. The minimum atomic E-state index is -1.05. The van der Waals surface area contributed by atoms with Crippen molar-refractivity contribution in [1.82, 2.24) is 15.6 Å². The smallest absolute Gasteiger partial charge is 0.315 e. The minimum absolute atomic E-state index is 0.168. The molecule has 0 unspecified atom stereocenters. The van der Waals surface area contributed by atoms with E-state index in [9.17, 15) is 9.90 Å². The molecule has 2 aromatic heterocycles. The Morgan fingerprint density at radius 3 is 2.85 bits per heavy atom. The predicted molar refractivity (Wildman–Crippen MR) is 81.0 cm³/mol. The third-order valence-electron chi connectivity index (χ3n) is 2.90. The average Bonchev–Trinajstić information content (AvgIpc) is 3.05. The number of thiophene rings is 1. The fourth-order valence-corrected chi connectivity index (χ4v) is 3.15. The largest absolute Gasteiger partial charge is 0.383 e. The van der Waals surface area contributed by atoms with Crippen molar-refractivity contribution in [2.24, 2.45) is 0 Å². The second-order valence-corrected chi connectivity index (χ2v) is 6.54. The highest BCUT2D eigenvalue weighted by Gasteiger charge is 2.24. The van der Waals surface area contributed by atoms with E-state index in [0.717, 1.165) is 15.4 Å². The van der Waals surface area contributed by atoms with E-state index in [1.54, 1.807) is 12.4 Å². The maximum absolute atomic E-state index is 11.7. The number of aryl methyl sites for hydroxylation is 1. The van der Waals surface area contributed by atoms with Crippen molar-refractivity contribution in [3.63, 3.8) is 0 Å². The first-order valence-electron chi connectivity index (χ1n) is 6.16. The number of carbonyl (C=O) groups is 1. The molecule has 108 valence electrons. The summed E-state index contributed by atoms with van der Waals surface area (Å²) in [6.07, 6.45) is 0. The quantitative estimate of drug-likeness (QED) is 0.792. The van der Waals surface area contributed by atoms with E-state index in [1.165, 1.54) is 22.7 Å². The molecule has 0 aromatic carbocycles. The van der Waals surface area contributed by atoms with Crippen molar-refractivity contribution in [3.05, 3.63) is 38.5 Å². The van der Waals surface area contributed by atoms with Crippen molar-refractivity contribution in [2.75, 3.05) is 6.54 Å². The summed E-state index contributed by atoms with van der Waals surface area (Å²) in [6.45, 7) is 4.21. The minimum Gasteiger partial charge on any atom is -0.383 e. The first-order chi connectivity index (χ1) is 9.49. The number of carbonyl (C=O) groups excluding carboxylic acids is 1. The molecule has 20 heavy (non-hydrogen) atoms. The van der Waals surface area contributed by atoms with Crippen LogP contribution in [0.1, 0.15) is 22.4 Å². The first kappa shape index (κ1) is 15.0. The van der Waals surface area contributed by atoms with E-state index in [0.29, 0.717) is 6.54 Å². The maximum atomic E-state index is 11.7. The Morgan fingerprint density at radius 1 is 1.45 bits per heavy atom. The maximum Gasteiger partial charge on any atom is 0.315 e. The van der Waals surface area contributed by atoms with Crippen molar-refractivity contribution in [1.29, 1.82) is 0 Å². The van der Waals surface area contributed by atoms with Crippen molar-refractivity contribution < 1.29 is 9.90 Å². The summed E-state index contributed by atoms with van der Waals surface area (Å²) in [4.78, 5) is 17.7. The van der Waals surface area contributed by atoms with Crippen LogP contribution >= 0.6 is 22.7 Å². The first-order valence-corrected chi connectivity index (χ1v) is 7.92. The number of nitrogens with zero attached hydrogens (tertiary/aromatic N) is 1. The van der Waals surface area contributed by atoms with Gasteiger partial charge in [-0.1, -0.05) is 6.07 Å². The van der Waals surface area contributed by atoms with Crippen molar-refractivity contribution in [3.8, 4) is 0 Å². The molecular formula is C13H17N3O2S2. The number of urea groups is 1. The Morgan fingerprint density at radius 2 is 2.25 bits per heavy atom. The summed E-state index contributed by atoms with van der Waals surface area (Å²) in [6, 6.07) is 3.43. The van der Waals surface area contributed by atoms with Crippen LogP contribution in [0.5, 0.6) is 0 Å². The normalized spacial score (nSPS) is 13.8. The van der Waals surface area contributed by atoms with Gasteiger partial charge >= 0.3 is 6.03 Å². The molecule has 0 saturated heterocycles. The van der Waals surface area contributed by atoms with Gasteiger partial charge in [-0.05, 0) is 25.3 Å². The molecule has 0 bridgehead atoms. The highest BCUT2D eigenvalue weighted by atomic mass is 32.1. The molecule has 2 aromatic rings. The number of nitrogens with one attached hydrogen (secondary N) is 2. The highest BCUT2D eigenvalue weighted by molar-refractivity contribution is 7.10. The number of thiazole rings is 1. The van der Waals surface area contributed by atoms with E-state index in [2.05, 4.69) is 15.6 Å². The van der Waals surface area contributed by atoms with Crippen LogP contribution in [0, 0.1) is 6.92 Å². The number of amides is 2. The van der Waals surface area contributed by atoms with Gasteiger partial charge in [0, 0.05) is 9.75 Å². The predicted octanol–water partition coefficient (Wildman–Crippen LogP) is 2.22. The summed E-state index contributed by atoms with van der Waals surface area (Å²) in [5.74, 6) is 0. The zero-order valence-electron chi connectivity index (χ0n) is 11.3. The summed E-state index contributed by atoms with van der Waals surface area (Å²) >= 11 is 2.98. The van der Waals surface area contributed by atoms with Gasteiger partial charge in [0.25, 0.3) is 0 Å². The monoisotopic (exact) mass is 311 g/mol. The third-order valence-corrected chi connectivity index (χ3v) is 4.96. The summed E-state index contributed by atoms with van der Waals surface area (Å²) < 4.78 is 0. The van der Waals surface area contributed by atoms with Crippen molar-refractivity contribution in [2.45, 2.75) is 26.0 Å². The van der Waals surface area contributed by atoms with Gasteiger partial charge in [-0.2, -0.15) is 0 Å². The fourth-order valence-electron chi connectivity index (χ4n) is 1.64. The molecule has 5 nitrogen and oxygen atoms in total. The zero-order chi connectivity index (χ0) is 14.6. The van der Waals surface area contributed by atoms with E-state index in [1.807, 2.05) is 24.4 Å². The lowest BCUT2D eigenvalue weighted by molar-refractivity contribution is 0.0631. The lowest BCUT2D eigenvalue weighted by atomic mass is 10.1. The fraction of sp³-hybridized carbons (Fsp3) is 0.385. The van der Waals surface area contributed by atoms with Crippen LogP contribution < -0.4 is 10.6 Å². The molecule has 0 aliphatic heterocycles. The summed E-state index contributed by atoms with van der Waals surface area (Å²) in [7, 11) is 0. The molecule has 0 fully saturated rings. The van der Waals surface area contributed by atoms with E-state index < -0.39 is 5.60 Å². The Kier molecular flexibility index (Phi) is 4.74. The number of rotatable bonds is 5. The van der Waals surface area contributed by atoms with Crippen LogP contribution in [0.3, 0.4) is 0 Å². The van der Waals surface area contributed by atoms with Crippen molar-refractivity contribution >= 4 is 28.7 Å². The molecule has 0 spiro atoms. The van der Waals surface area contributed by atoms with Gasteiger partial charge in [0.1, 0.15) is 5.60 Å². The third kappa shape index (κ3) is 3.78.